The van der Waals surface area contributed by atoms with Crippen molar-refractivity contribution < 1.29 is 4.79 Å². The second-order valence-corrected chi connectivity index (χ2v) is 5.52. The van der Waals surface area contributed by atoms with Crippen molar-refractivity contribution >= 4 is 21.8 Å². The van der Waals surface area contributed by atoms with Gasteiger partial charge in [-0.15, -0.1) is 0 Å². The number of hydrogen-bond acceptors (Lipinski definition) is 3. The zero-order valence-electron chi connectivity index (χ0n) is 10.6. The summed E-state index contributed by atoms with van der Waals surface area (Å²) in [5.74, 6) is 0.179. The Balaban J connectivity index is 1.90. The molecule has 1 amide bonds. The monoisotopic (exact) mass is 311 g/mol. The van der Waals surface area contributed by atoms with Crippen LogP contribution in [0.2, 0.25) is 0 Å². The van der Waals surface area contributed by atoms with Gasteiger partial charge in [0.25, 0.3) is 0 Å². The highest BCUT2D eigenvalue weighted by atomic mass is 79.9. The quantitative estimate of drug-likeness (QED) is 0.837. The Kier molecular flexibility index (Phi) is 4.72. The molecule has 1 aliphatic rings. The van der Waals surface area contributed by atoms with Crippen LogP contribution in [-0.4, -0.2) is 46.9 Å². The first-order valence-electron chi connectivity index (χ1n) is 6.23. The molecule has 1 fully saturated rings. The number of carbonyl (C=O) groups excluding carboxylic acids is 1. The van der Waals surface area contributed by atoms with Gasteiger partial charge in [0.1, 0.15) is 0 Å². The molecule has 1 aliphatic heterocycles. The van der Waals surface area contributed by atoms with Crippen LogP contribution in [0.1, 0.15) is 19.0 Å². The molecule has 0 saturated carbocycles. The van der Waals surface area contributed by atoms with Gasteiger partial charge in [0.05, 0.1) is 5.69 Å². The Morgan fingerprint density at radius 1 is 1.33 bits per heavy atom. The van der Waals surface area contributed by atoms with Crippen LogP contribution in [0.25, 0.3) is 0 Å². The Morgan fingerprint density at radius 3 is 2.83 bits per heavy atom. The molecule has 5 heteroatoms. The van der Waals surface area contributed by atoms with Gasteiger partial charge in [-0.2, -0.15) is 0 Å². The largest absolute Gasteiger partial charge is 0.342 e. The van der Waals surface area contributed by atoms with E-state index in [1.54, 1.807) is 6.92 Å². The lowest BCUT2D eigenvalue weighted by molar-refractivity contribution is -0.128. The summed E-state index contributed by atoms with van der Waals surface area (Å²) in [6, 6.07) is 4.06. The van der Waals surface area contributed by atoms with Gasteiger partial charge in [0, 0.05) is 50.3 Å². The maximum atomic E-state index is 11.3. The average molecular weight is 312 g/mol. The maximum Gasteiger partial charge on any atom is 0.219 e. The molecule has 1 aromatic heterocycles. The maximum absolute atomic E-state index is 11.3. The van der Waals surface area contributed by atoms with E-state index in [0.717, 1.165) is 49.3 Å². The van der Waals surface area contributed by atoms with Crippen molar-refractivity contribution in [1.82, 2.24) is 14.8 Å². The molecule has 1 saturated heterocycles. The molecule has 98 valence electrons. The fraction of sp³-hybridized carbons (Fsp3) is 0.538. The molecule has 0 radical (unpaired) electrons. The van der Waals surface area contributed by atoms with Crippen LogP contribution in [0.3, 0.4) is 0 Å². The molecule has 0 N–H and O–H groups in total. The van der Waals surface area contributed by atoms with Crippen LogP contribution in [0.15, 0.2) is 22.8 Å². The molecule has 2 heterocycles. The van der Waals surface area contributed by atoms with Crippen molar-refractivity contribution in [2.45, 2.75) is 19.9 Å². The third-order valence-electron chi connectivity index (χ3n) is 3.21. The zero-order chi connectivity index (χ0) is 13.0. The van der Waals surface area contributed by atoms with Crippen LogP contribution < -0.4 is 0 Å². The summed E-state index contributed by atoms with van der Waals surface area (Å²) in [7, 11) is 0. The highest BCUT2D eigenvalue weighted by Crippen LogP contribution is 2.11. The number of pyridine rings is 1. The molecule has 0 bridgehead atoms. The lowest BCUT2D eigenvalue weighted by Gasteiger charge is -2.20. The van der Waals surface area contributed by atoms with Crippen LogP contribution in [0, 0.1) is 0 Å². The van der Waals surface area contributed by atoms with Crippen molar-refractivity contribution in [1.29, 1.82) is 0 Å². The van der Waals surface area contributed by atoms with Gasteiger partial charge in [-0.3, -0.25) is 14.7 Å². The third kappa shape index (κ3) is 3.78. The summed E-state index contributed by atoms with van der Waals surface area (Å²) in [5, 5.41) is 0. The van der Waals surface area contributed by atoms with Crippen LogP contribution >= 0.6 is 15.9 Å². The van der Waals surface area contributed by atoms with Crippen LogP contribution in [0.4, 0.5) is 0 Å². The van der Waals surface area contributed by atoms with E-state index in [0.29, 0.717) is 0 Å². The number of halogens is 1. The molecule has 0 spiro atoms. The van der Waals surface area contributed by atoms with Gasteiger partial charge in [-0.25, -0.2) is 0 Å². The second kappa shape index (κ2) is 6.29. The Labute approximate surface area is 116 Å². The fourth-order valence-electron chi connectivity index (χ4n) is 2.17. The highest BCUT2D eigenvalue weighted by Gasteiger charge is 2.16. The minimum absolute atomic E-state index is 0.179. The lowest BCUT2D eigenvalue weighted by atomic mass is 10.3. The van der Waals surface area contributed by atoms with E-state index < -0.39 is 0 Å². The van der Waals surface area contributed by atoms with Crippen molar-refractivity contribution in [2.75, 3.05) is 26.2 Å². The smallest absolute Gasteiger partial charge is 0.219 e. The van der Waals surface area contributed by atoms with Crippen molar-refractivity contribution in [2.24, 2.45) is 0 Å². The van der Waals surface area contributed by atoms with E-state index >= 15 is 0 Å². The molecule has 4 nitrogen and oxygen atoms in total. The fourth-order valence-corrected chi connectivity index (χ4v) is 2.41. The average Bonchev–Trinajstić information content (AvgIpc) is 2.58. The van der Waals surface area contributed by atoms with Gasteiger partial charge in [0.15, 0.2) is 0 Å². The molecular weight excluding hydrogens is 294 g/mol. The van der Waals surface area contributed by atoms with Gasteiger partial charge < -0.3 is 4.90 Å². The van der Waals surface area contributed by atoms with Gasteiger partial charge in [-0.05, 0) is 34.5 Å². The predicted octanol–water partition coefficient (Wildman–Crippen LogP) is 1.90. The molecule has 0 unspecified atom stereocenters. The van der Waals surface area contributed by atoms with Crippen molar-refractivity contribution in [3.8, 4) is 0 Å². The number of aromatic nitrogens is 1. The molecular formula is C13H18BrN3O. The Bertz CT molecular complexity index is 407. The summed E-state index contributed by atoms with van der Waals surface area (Å²) >= 11 is 3.39. The van der Waals surface area contributed by atoms with E-state index in [1.165, 1.54) is 0 Å². The molecule has 1 aromatic rings. The standard InChI is InChI=1S/C13H18BrN3O/c1-11(18)17-6-2-5-16(7-8-17)10-13-4-3-12(14)9-15-13/h3-4,9H,2,5-8,10H2,1H3. The van der Waals surface area contributed by atoms with Crippen molar-refractivity contribution in [3.63, 3.8) is 0 Å². The minimum Gasteiger partial charge on any atom is -0.342 e. The van der Waals surface area contributed by atoms with Gasteiger partial charge in [0.2, 0.25) is 5.91 Å². The molecule has 2 rings (SSSR count). The van der Waals surface area contributed by atoms with Crippen LogP contribution in [0.5, 0.6) is 0 Å². The van der Waals surface area contributed by atoms with Crippen LogP contribution in [-0.2, 0) is 11.3 Å². The minimum atomic E-state index is 0.179. The summed E-state index contributed by atoms with van der Waals surface area (Å²) in [6.07, 6.45) is 2.87. The molecule has 18 heavy (non-hydrogen) atoms. The van der Waals surface area contributed by atoms with E-state index in [1.807, 2.05) is 23.2 Å². The lowest BCUT2D eigenvalue weighted by Crippen LogP contribution is -2.33. The van der Waals surface area contributed by atoms with E-state index in [2.05, 4.69) is 25.8 Å². The molecule has 0 aromatic carbocycles. The molecule has 0 aliphatic carbocycles. The van der Waals surface area contributed by atoms with E-state index in [4.69, 9.17) is 0 Å². The summed E-state index contributed by atoms with van der Waals surface area (Å²) in [5.41, 5.74) is 1.08. The van der Waals surface area contributed by atoms with Gasteiger partial charge >= 0.3 is 0 Å². The third-order valence-corrected chi connectivity index (χ3v) is 3.68. The topological polar surface area (TPSA) is 36.4 Å². The highest BCUT2D eigenvalue weighted by molar-refractivity contribution is 9.10. The van der Waals surface area contributed by atoms with E-state index in [9.17, 15) is 4.79 Å². The first kappa shape index (κ1) is 13.5. The zero-order valence-corrected chi connectivity index (χ0v) is 12.2. The van der Waals surface area contributed by atoms with Gasteiger partial charge in [-0.1, -0.05) is 0 Å². The normalized spacial score (nSPS) is 17.6. The van der Waals surface area contributed by atoms with E-state index in [-0.39, 0.29) is 5.91 Å². The number of amides is 1. The second-order valence-electron chi connectivity index (χ2n) is 4.60. The first-order chi connectivity index (χ1) is 8.65. The number of rotatable bonds is 2. The Morgan fingerprint density at radius 2 is 2.17 bits per heavy atom. The molecule has 0 atom stereocenters. The summed E-state index contributed by atoms with van der Waals surface area (Å²) in [6.45, 7) is 6.16. The Hall–Kier alpha value is -0.940. The van der Waals surface area contributed by atoms with Crippen molar-refractivity contribution in [3.05, 3.63) is 28.5 Å². The predicted molar refractivity (Wildman–Crippen MR) is 74.1 cm³/mol. The number of nitrogens with zero attached hydrogens (tertiary/aromatic N) is 3. The summed E-state index contributed by atoms with van der Waals surface area (Å²) in [4.78, 5) is 20.0. The number of hydrogen-bond donors (Lipinski definition) is 0. The first-order valence-corrected chi connectivity index (χ1v) is 7.03. The SMILES string of the molecule is CC(=O)N1CCCN(Cc2ccc(Br)cn2)CC1. The summed E-state index contributed by atoms with van der Waals surface area (Å²) < 4.78 is 1.00. The number of carbonyl (C=O) groups is 1.